The Labute approximate surface area is 129 Å². The van der Waals surface area contributed by atoms with Crippen LogP contribution < -0.4 is 0 Å². The third-order valence-electron chi connectivity index (χ3n) is 4.58. The molecule has 1 saturated carbocycles. The maximum atomic E-state index is 12.0. The largest absolute Gasteiger partial charge is 0.462 e. The van der Waals surface area contributed by atoms with Gasteiger partial charge in [0.15, 0.2) is 5.78 Å². The van der Waals surface area contributed by atoms with Crippen molar-refractivity contribution in [2.45, 2.75) is 37.9 Å². The van der Waals surface area contributed by atoms with Crippen LogP contribution in [0.25, 0.3) is 0 Å². The first-order chi connectivity index (χ1) is 10.6. The molecule has 1 heterocycles. The lowest BCUT2D eigenvalue weighted by Gasteiger charge is -2.14. The van der Waals surface area contributed by atoms with Gasteiger partial charge in [-0.15, -0.1) is 0 Å². The van der Waals surface area contributed by atoms with Crippen LogP contribution in [0.1, 0.15) is 24.8 Å². The summed E-state index contributed by atoms with van der Waals surface area (Å²) in [6, 6.07) is 9.88. The summed E-state index contributed by atoms with van der Waals surface area (Å²) >= 11 is 0. The van der Waals surface area contributed by atoms with Gasteiger partial charge >= 0.3 is 5.97 Å². The number of carbonyl (C=O) groups is 2. The Morgan fingerprint density at radius 3 is 2.86 bits per heavy atom. The van der Waals surface area contributed by atoms with Crippen molar-refractivity contribution in [2.75, 3.05) is 0 Å². The predicted octanol–water partition coefficient (Wildman–Crippen LogP) is 2.06. The fraction of sp³-hybridized carbons (Fsp3) is 0.444. The number of ketones is 1. The summed E-state index contributed by atoms with van der Waals surface area (Å²) in [5.41, 5.74) is 1.14. The van der Waals surface area contributed by atoms with Crippen molar-refractivity contribution in [3.63, 3.8) is 0 Å². The lowest BCUT2D eigenvalue weighted by Crippen LogP contribution is -2.18. The number of benzene rings is 1. The molecule has 1 aliphatic carbocycles. The van der Waals surface area contributed by atoms with Crippen molar-refractivity contribution in [3.8, 4) is 0 Å². The monoisotopic (exact) mass is 300 g/mol. The van der Waals surface area contributed by atoms with E-state index in [1.54, 1.807) is 12.2 Å². The standard InChI is InChI=1S/C18H20O4/c19-13(7-6-12-4-2-1-3-5-12)8-9-14-15-10-18(21)22-17(15)11-16(14)20/h1-5,8-9,14-17,20H,6-7,10-11H2/t14-,15-,16-,17+/m1/s1. The summed E-state index contributed by atoms with van der Waals surface area (Å²) in [4.78, 5) is 23.3. The highest BCUT2D eigenvalue weighted by atomic mass is 16.6. The molecule has 0 aromatic heterocycles. The van der Waals surface area contributed by atoms with Crippen molar-refractivity contribution < 1.29 is 19.4 Å². The van der Waals surface area contributed by atoms with E-state index in [9.17, 15) is 14.7 Å². The number of aryl methyl sites for hydroxylation is 1. The van der Waals surface area contributed by atoms with Crippen molar-refractivity contribution >= 4 is 11.8 Å². The van der Waals surface area contributed by atoms with Crippen LogP contribution in [0.2, 0.25) is 0 Å². The zero-order chi connectivity index (χ0) is 15.5. The van der Waals surface area contributed by atoms with E-state index in [1.165, 1.54) is 0 Å². The number of hydrogen-bond acceptors (Lipinski definition) is 4. The minimum atomic E-state index is -0.527. The van der Waals surface area contributed by atoms with Crippen LogP contribution in [0.3, 0.4) is 0 Å². The molecular weight excluding hydrogens is 280 g/mol. The molecule has 2 fully saturated rings. The molecule has 0 bridgehead atoms. The Kier molecular flexibility index (Phi) is 4.39. The van der Waals surface area contributed by atoms with Gasteiger partial charge in [0.05, 0.1) is 12.5 Å². The number of aliphatic hydroxyl groups excluding tert-OH is 1. The first-order valence-electron chi connectivity index (χ1n) is 7.76. The molecule has 1 aromatic carbocycles. The van der Waals surface area contributed by atoms with E-state index in [0.717, 1.165) is 5.56 Å². The molecule has 2 aliphatic rings. The van der Waals surface area contributed by atoms with Gasteiger partial charge in [-0.05, 0) is 18.1 Å². The molecule has 1 saturated heterocycles. The number of hydrogen-bond donors (Lipinski definition) is 1. The van der Waals surface area contributed by atoms with Crippen LogP contribution in [-0.4, -0.2) is 29.1 Å². The highest BCUT2D eigenvalue weighted by Gasteiger charge is 2.48. The van der Waals surface area contributed by atoms with Gasteiger partial charge in [0.25, 0.3) is 0 Å². The Morgan fingerprint density at radius 2 is 2.09 bits per heavy atom. The summed E-state index contributed by atoms with van der Waals surface area (Å²) in [7, 11) is 0. The molecule has 1 aromatic rings. The van der Waals surface area contributed by atoms with E-state index in [1.807, 2.05) is 30.3 Å². The molecule has 3 rings (SSSR count). The molecule has 1 N–H and O–H groups in total. The molecule has 1 aliphatic heterocycles. The van der Waals surface area contributed by atoms with Gasteiger partial charge in [0, 0.05) is 24.7 Å². The lowest BCUT2D eigenvalue weighted by atomic mass is 9.91. The molecule has 4 atom stereocenters. The Morgan fingerprint density at radius 1 is 1.32 bits per heavy atom. The zero-order valence-corrected chi connectivity index (χ0v) is 12.4. The number of fused-ring (bicyclic) bond motifs is 1. The molecular formula is C18H20O4. The molecule has 22 heavy (non-hydrogen) atoms. The first-order valence-corrected chi connectivity index (χ1v) is 7.76. The summed E-state index contributed by atoms with van der Waals surface area (Å²) in [5.74, 6) is -0.293. The van der Waals surface area contributed by atoms with Gasteiger partial charge in [-0.2, -0.15) is 0 Å². The third kappa shape index (κ3) is 3.28. The second-order valence-electron chi connectivity index (χ2n) is 6.09. The molecule has 0 radical (unpaired) electrons. The normalized spacial score (nSPS) is 30.5. The van der Waals surface area contributed by atoms with Crippen LogP contribution in [0.15, 0.2) is 42.5 Å². The van der Waals surface area contributed by atoms with E-state index >= 15 is 0 Å². The first kappa shape index (κ1) is 15.0. The number of carbonyl (C=O) groups excluding carboxylic acids is 2. The average Bonchev–Trinajstić information content (AvgIpc) is 2.99. The molecule has 4 heteroatoms. The number of aliphatic hydroxyl groups is 1. The van der Waals surface area contributed by atoms with Gasteiger partial charge in [-0.3, -0.25) is 9.59 Å². The van der Waals surface area contributed by atoms with Crippen molar-refractivity contribution in [3.05, 3.63) is 48.0 Å². The highest BCUT2D eigenvalue weighted by molar-refractivity contribution is 5.89. The van der Waals surface area contributed by atoms with Crippen LogP contribution in [0, 0.1) is 11.8 Å². The Hall–Kier alpha value is -1.94. The second kappa shape index (κ2) is 6.44. The molecule has 4 nitrogen and oxygen atoms in total. The van der Waals surface area contributed by atoms with Crippen molar-refractivity contribution in [2.24, 2.45) is 11.8 Å². The van der Waals surface area contributed by atoms with E-state index in [-0.39, 0.29) is 29.7 Å². The van der Waals surface area contributed by atoms with Gasteiger partial charge in [-0.25, -0.2) is 0 Å². The number of rotatable bonds is 5. The number of ether oxygens (including phenoxy) is 1. The molecule has 0 spiro atoms. The summed E-state index contributed by atoms with van der Waals surface area (Å²) < 4.78 is 5.18. The fourth-order valence-electron chi connectivity index (χ4n) is 3.40. The van der Waals surface area contributed by atoms with Gasteiger partial charge in [0.1, 0.15) is 6.10 Å². The molecule has 0 unspecified atom stereocenters. The number of esters is 1. The highest BCUT2D eigenvalue weighted by Crippen LogP contribution is 2.41. The predicted molar refractivity (Wildman–Crippen MR) is 81.0 cm³/mol. The van der Waals surface area contributed by atoms with Gasteiger partial charge < -0.3 is 9.84 Å². The minimum Gasteiger partial charge on any atom is -0.462 e. The average molecular weight is 300 g/mol. The van der Waals surface area contributed by atoms with Crippen LogP contribution in [0.5, 0.6) is 0 Å². The summed E-state index contributed by atoms with van der Waals surface area (Å²) in [5, 5.41) is 10.0. The van der Waals surface area contributed by atoms with Crippen LogP contribution in [-0.2, 0) is 20.7 Å². The van der Waals surface area contributed by atoms with Gasteiger partial charge in [0.2, 0.25) is 0 Å². The minimum absolute atomic E-state index is 0.0145. The lowest BCUT2D eigenvalue weighted by molar-refractivity contribution is -0.141. The topological polar surface area (TPSA) is 63.6 Å². The number of allylic oxidation sites excluding steroid dienone is 1. The fourth-order valence-corrected chi connectivity index (χ4v) is 3.40. The molecule has 116 valence electrons. The third-order valence-corrected chi connectivity index (χ3v) is 4.58. The van der Waals surface area contributed by atoms with E-state index in [4.69, 9.17) is 4.74 Å². The Balaban J connectivity index is 1.54. The Bertz CT molecular complexity index is 578. The maximum absolute atomic E-state index is 12.0. The van der Waals surface area contributed by atoms with E-state index in [2.05, 4.69) is 0 Å². The zero-order valence-electron chi connectivity index (χ0n) is 12.4. The molecule has 0 amide bonds. The van der Waals surface area contributed by atoms with Crippen molar-refractivity contribution in [1.82, 2.24) is 0 Å². The second-order valence-corrected chi connectivity index (χ2v) is 6.09. The smallest absolute Gasteiger partial charge is 0.306 e. The van der Waals surface area contributed by atoms with E-state index in [0.29, 0.717) is 25.7 Å². The van der Waals surface area contributed by atoms with Gasteiger partial charge in [-0.1, -0.05) is 36.4 Å². The summed E-state index contributed by atoms with van der Waals surface area (Å²) in [6.07, 6.45) is 4.60. The van der Waals surface area contributed by atoms with Crippen LogP contribution >= 0.6 is 0 Å². The maximum Gasteiger partial charge on any atom is 0.306 e. The SMILES string of the molecule is O=C(C=C[C@@H]1[C@H]2CC(=O)O[C@H]2C[C@H]1O)CCc1ccccc1. The van der Waals surface area contributed by atoms with Crippen molar-refractivity contribution in [1.29, 1.82) is 0 Å². The summed E-state index contributed by atoms with van der Waals surface area (Å²) in [6.45, 7) is 0. The quantitative estimate of drug-likeness (QED) is 0.668. The van der Waals surface area contributed by atoms with Crippen LogP contribution in [0.4, 0.5) is 0 Å². The van der Waals surface area contributed by atoms with E-state index < -0.39 is 6.10 Å².